The van der Waals surface area contributed by atoms with E-state index in [0.717, 1.165) is 32.4 Å². The largest absolute Gasteiger partial charge is 0.494 e. The van der Waals surface area contributed by atoms with E-state index in [1.807, 2.05) is 0 Å². The molecule has 0 amide bonds. The van der Waals surface area contributed by atoms with Gasteiger partial charge in [0.1, 0.15) is 16.2 Å². The first kappa shape index (κ1) is 18.6. The fraction of sp³-hybridized carbons (Fsp3) is 0.417. The van der Waals surface area contributed by atoms with Gasteiger partial charge in [-0.3, -0.25) is 4.79 Å². The minimum absolute atomic E-state index is 0.383. The van der Waals surface area contributed by atoms with E-state index in [9.17, 15) is 26.4 Å². The van der Waals surface area contributed by atoms with Crippen LogP contribution >= 0.6 is 11.6 Å². The lowest BCUT2D eigenvalue weighted by atomic mass is 10.2. The van der Waals surface area contributed by atoms with Crippen molar-refractivity contribution in [1.82, 2.24) is 0 Å². The summed E-state index contributed by atoms with van der Waals surface area (Å²) in [5.41, 5.74) is -0.580. The molecule has 0 heterocycles. The van der Waals surface area contributed by atoms with Crippen molar-refractivity contribution >= 4 is 26.7 Å². The Balaban J connectivity index is 3.52. The van der Waals surface area contributed by atoms with E-state index >= 15 is 0 Å². The Morgan fingerprint density at radius 3 is 2.23 bits per heavy atom. The normalized spacial score (nSPS) is 13.6. The minimum Gasteiger partial charge on any atom is -0.494 e. The van der Waals surface area contributed by atoms with Gasteiger partial charge in [-0.15, -0.1) is 0 Å². The second-order valence-corrected chi connectivity index (χ2v) is 6.65. The van der Waals surface area contributed by atoms with Crippen molar-refractivity contribution < 1.29 is 35.9 Å². The Labute approximate surface area is 129 Å². The van der Waals surface area contributed by atoms with Crippen molar-refractivity contribution in [3.63, 3.8) is 0 Å². The number of hydrogen-bond acceptors (Lipinski definition) is 5. The van der Waals surface area contributed by atoms with Gasteiger partial charge in [0.2, 0.25) is 0 Å². The smallest absolute Gasteiger partial charge is 0.425 e. The third kappa shape index (κ3) is 4.04. The summed E-state index contributed by atoms with van der Waals surface area (Å²) in [6.07, 6.45) is -6.04. The molecule has 1 aromatic carbocycles. The highest BCUT2D eigenvalue weighted by atomic mass is 35.5. The number of rotatable bonds is 5. The van der Waals surface area contributed by atoms with Crippen LogP contribution in [0, 0.1) is 0 Å². The van der Waals surface area contributed by atoms with Crippen LogP contribution in [0.5, 0.6) is 11.5 Å². The number of benzene rings is 1. The topological polar surface area (TPSA) is 69.7 Å². The summed E-state index contributed by atoms with van der Waals surface area (Å²) in [4.78, 5) is 11.1. The minimum atomic E-state index is -4.67. The highest BCUT2D eigenvalue weighted by Gasteiger charge is 2.39. The monoisotopic (exact) mass is 360 g/mol. The Morgan fingerprint density at radius 1 is 1.32 bits per heavy atom. The predicted octanol–water partition coefficient (Wildman–Crippen LogP) is 2.81. The molecule has 1 rings (SSSR count). The average Bonchev–Trinajstić information content (AvgIpc) is 2.34. The second kappa shape index (κ2) is 6.33. The van der Waals surface area contributed by atoms with E-state index in [-0.39, 0.29) is 4.90 Å². The molecule has 0 aliphatic rings. The summed E-state index contributed by atoms with van der Waals surface area (Å²) < 4.78 is 70.4. The number of carbonyl (C=O) groups is 1. The molecule has 5 nitrogen and oxygen atoms in total. The van der Waals surface area contributed by atoms with E-state index in [0.29, 0.717) is 0 Å². The van der Waals surface area contributed by atoms with Gasteiger partial charge in [0.15, 0.2) is 21.7 Å². The van der Waals surface area contributed by atoms with Crippen molar-refractivity contribution in [3.05, 3.63) is 17.7 Å². The number of methoxy groups -OCH3 is 1. The lowest BCUT2D eigenvalue weighted by molar-refractivity contribution is -0.189. The van der Waals surface area contributed by atoms with Gasteiger partial charge in [-0.2, -0.15) is 13.2 Å². The van der Waals surface area contributed by atoms with E-state index in [4.69, 9.17) is 16.3 Å². The van der Waals surface area contributed by atoms with E-state index < -0.39 is 44.4 Å². The van der Waals surface area contributed by atoms with Crippen LogP contribution in [0.2, 0.25) is 0 Å². The molecule has 0 aliphatic carbocycles. The lowest BCUT2D eigenvalue weighted by Crippen LogP contribution is -2.31. The quantitative estimate of drug-likeness (QED) is 0.755. The number of hydrogen-bond donors (Lipinski definition) is 0. The first-order valence-electron chi connectivity index (χ1n) is 5.73. The Bertz CT molecular complexity index is 685. The summed E-state index contributed by atoms with van der Waals surface area (Å²) in [7, 11) is -2.73. The van der Waals surface area contributed by atoms with E-state index in [1.54, 1.807) is 0 Å². The van der Waals surface area contributed by atoms with Gasteiger partial charge in [0.05, 0.1) is 7.11 Å². The summed E-state index contributed by atoms with van der Waals surface area (Å²) in [6.45, 7) is 0.736. The molecule has 22 heavy (non-hydrogen) atoms. The molecule has 1 unspecified atom stereocenters. The maximum absolute atomic E-state index is 12.5. The highest BCUT2D eigenvalue weighted by Crippen LogP contribution is 2.37. The summed E-state index contributed by atoms with van der Waals surface area (Å²) in [5, 5.41) is -1.20. The van der Waals surface area contributed by atoms with Gasteiger partial charge in [-0.05, 0) is 30.7 Å². The maximum atomic E-state index is 12.5. The number of ether oxygens (including phenoxy) is 2. The molecule has 0 saturated carbocycles. The third-order valence-corrected chi connectivity index (χ3v) is 3.96. The van der Waals surface area contributed by atoms with Crippen LogP contribution in [0.1, 0.15) is 17.3 Å². The van der Waals surface area contributed by atoms with Crippen molar-refractivity contribution in [3.8, 4) is 11.5 Å². The van der Waals surface area contributed by atoms with Gasteiger partial charge in [-0.25, -0.2) is 8.42 Å². The van der Waals surface area contributed by atoms with Crippen molar-refractivity contribution in [2.75, 3.05) is 13.4 Å². The molecule has 0 aliphatic heterocycles. The van der Waals surface area contributed by atoms with Crippen LogP contribution in [0.3, 0.4) is 0 Å². The summed E-state index contributed by atoms with van der Waals surface area (Å²) >= 11 is 5.34. The van der Waals surface area contributed by atoms with E-state index in [1.165, 1.54) is 0 Å². The molecule has 10 heteroatoms. The zero-order chi connectivity index (χ0) is 17.3. The van der Waals surface area contributed by atoms with Gasteiger partial charge in [0.25, 0.3) is 5.24 Å². The predicted molar refractivity (Wildman–Crippen MR) is 72.4 cm³/mol. The number of sulfone groups is 1. The molecule has 0 bridgehead atoms. The Kier molecular flexibility index (Phi) is 5.34. The van der Waals surface area contributed by atoms with Crippen LogP contribution < -0.4 is 9.47 Å². The maximum Gasteiger partial charge on any atom is 0.425 e. The standard InChI is InChI=1S/C12H12ClF3O5S/c1-6(12(14,15)16)21-7-4-5-8(22(3,18)19)10(20-2)9(7)11(13)17/h4-6H,1-3H3. The second-order valence-electron chi connectivity index (χ2n) is 4.32. The summed E-state index contributed by atoms with van der Waals surface area (Å²) in [6, 6.07) is 1.91. The molecule has 0 fully saturated rings. The zero-order valence-electron chi connectivity index (χ0n) is 11.7. The van der Waals surface area contributed by atoms with Crippen LogP contribution in [-0.4, -0.2) is 39.3 Å². The fourth-order valence-electron chi connectivity index (χ4n) is 1.58. The lowest BCUT2D eigenvalue weighted by Gasteiger charge is -2.20. The molecule has 0 radical (unpaired) electrons. The SMILES string of the molecule is COc1c(S(C)(=O)=O)ccc(OC(C)C(F)(F)F)c1C(=O)Cl. The molecule has 0 spiro atoms. The van der Waals surface area contributed by atoms with Gasteiger partial charge in [0, 0.05) is 6.26 Å². The fourth-order valence-corrected chi connectivity index (χ4v) is 2.60. The molecule has 0 N–H and O–H groups in total. The molecule has 124 valence electrons. The van der Waals surface area contributed by atoms with Crippen molar-refractivity contribution in [1.29, 1.82) is 0 Å². The summed E-state index contributed by atoms with van der Waals surface area (Å²) in [5.74, 6) is -0.983. The van der Waals surface area contributed by atoms with Crippen molar-refractivity contribution in [2.45, 2.75) is 24.1 Å². The molecular formula is C12H12ClF3O5S. The van der Waals surface area contributed by atoms with Crippen LogP contribution in [-0.2, 0) is 9.84 Å². The molecule has 0 saturated heterocycles. The first-order valence-corrected chi connectivity index (χ1v) is 8.00. The molecular weight excluding hydrogens is 349 g/mol. The molecule has 1 aromatic rings. The Morgan fingerprint density at radius 2 is 1.86 bits per heavy atom. The third-order valence-electron chi connectivity index (χ3n) is 2.65. The van der Waals surface area contributed by atoms with Crippen LogP contribution in [0.4, 0.5) is 13.2 Å². The number of halogens is 4. The van der Waals surface area contributed by atoms with Gasteiger partial charge < -0.3 is 9.47 Å². The van der Waals surface area contributed by atoms with E-state index in [2.05, 4.69) is 4.74 Å². The molecule has 1 atom stereocenters. The first-order chi connectivity index (χ1) is 9.89. The average molecular weight is 361 g/mol. The van der Waals surface area contributed by atoms with Crippen LogP contribution in [0.25, 0.3) is 0 Å². The van der Waals surface area contributed by atoms with Crippen molar-refractivity contribution in [2.24, 2.45) is 0 Å². The van der Waals surface area contributed by atoms with Gasteiger partial charge >= 0.3 is 6.18 Å². The zero-order valence-corrected chi connectivity index (χ0v) is 13.3. The highest BCUT2D eigenvalue weighted by molar-refractivity contribution is 7.90. The van der Waals surface area contributed by atoms with Crippen LogP contribution in [0.15, 0.2) is 17.0 Å². The Hall–Kier alpha value is -1.48. The number of carbonyl (C=O) groups excluding carboxylic acids is 1. The van der Waals surface area contributed by atoms with Gasteiger partial charge in [-0.1, -0.05) is 0 Å². The molecule has 0 aromatic heterocycles. The number of alkyl halides is 3.